The molecule has 0 radical (unpaired) electrons. The molecule has 0 bridgehead atoms. The van der Waals surface area contributed by atoms with Crippen molar-refractivity contribution in [3.63, 3.8) is 0 Å². The lowest BCUT2D eigenvalue weighted by atomic mass is 9.96. The molecule has 0 unspecified atom stereocenters. The number of nitro groups is 1. The van der Waals surface area contributed by atoms with Crippen LogP contribution in [0, 0.1) is 22.5 Å². The maximum atomic E-state index is 11.7. The largest absolute Gasteiger partial charge is 0.310 e. The third-order valence-electron chi connectivity index (χ3n) is 2.20. The molecular formula is C11H15N3O3. The van der Waals surface area contributed by atoms with Crippen molar-refractivity contribution < 1.29 is 9.72 Å². The zero-order chi connectivity index (χ0) is 13.2. The highest BCUT2D eigenvalue weighted by atomic mass is 16.6. The van der Waals surface area contributed by atoms with Gasteiger partial charge in [0.25, 0.3) is 5.69 Å². The number of aromatic nitrogens is 1. The lowest BCUT2D eigenvalue weighted by Crippen LogP contribution is -2.28. The van der Waals surface area contributed by atoms with Crippen LogP contribution in [0.15, 0.2) is 12.3 Å². The molecule has 0 atom stereocenters. The smallest absolute Gasteiger partial charge is 0.290 e. The number of rotatable bonds is 2. The SMILES string of the molecule is Cc1cc(NC(=O)C(C)(C)C)ncc1[N+](=O)[O-]. The van der Waals surface area contributed by atoms with E-state index < -0.39 is 10.3 Å². The second-order valence-electron chi connectivity index (χ2n) is 4.82. The zero-order valence-electron chi connectivity index (χ0n) is 10.3. The van der Waals surface area contributed by atoms with Gasteiger partial charge in [0, 0.05) is 11.0 Å². The van der Waals surface area contributed by atoms with Gasteiger partial charge in [-0.3, -0.25) is 14.9 Å². The number of aryl methyl sites for hydroxylation is 1. The number of anilines is 1. The third kappa shape index (κ3) is 3.24. The molecule has 92 valence electrons. The van der Waals surface area contributed by atoms with E-state index >= 15 is 0 Å². The summed E-state index contributed by atoms with van der Waals surface area (Å²) >= 11 is 0. The van der Waals surface area contributed by atoms with Crippen molar-refractivity contribution in [3.8, 4) is 0 Å². The fourth-order valence-corrected chi connectivity index (χ4v) is 1.11. The molecule has 0 saturated carbocycles. The molecule has 0 aromatic carbocycles. The second kappa shape index (κ2) is 4.48. The van der Waals surface area contributed by atoms with E-state index in [0.29, 0.717) is 11.4 Å². The Morgan fingerprint density at radius 3 is 2.47 bits per heavy atom. The Kier molecular flexibility index (Phi) is 3.45. The quantitative estimate of drug-likeness (QED) is 0.631. The van der Waals surface area contributed by atoms with Gasteiger partial charge in [0.15, 0.2) is 0 Å². The topological polar surface area (TPSA) is 85.1 Å². The fourth-order valence-electron chi connectivity index (χ4n) is 1.11. The molecule has 1 aromatic rings. The summed E-state index contributed by atoms with van der Waals surface area (Å²) in [4.78, 5) is 25.6. The van der Waals surface area contributed by atoms with E-state index in [1.807, 2.05) is 0 Å². The maximum absolute atomic E-state index is 11.7. The highest BCUT2D eigenvalue weighted by Gasteiger charge is 2.22. The van der Waals surface area contributed by atoms with Crippen LogP contribution in [-0.2, 0) is 4.79 Å². The molecule has 0 aliphatic heterocycles. The normalized spacial score (nSPS) is 11.1. The Balaban J connectivity index is 2.92. The minimum Gasteiger partial charge on any atom is -0.310 e. The Morgan fingerprint density at radius 2 is 2.06 bits per heavy atom. The number of hydrogen-bond acceptors (Lipinski definition) is 4. The van der Waals surface area contributed by atoms with E-state index in [0.717, 1.165) is 6.20 Å². The summed E-state index contributed by atoms with van der Waals surface area (Å²) in [5, 5.41) is 13.2. The molecule has 1 heterocycles. The molecule has 0 fully saturated rings. The summed E-state index contributed by atoms with van der Waals surface area (Å²) < 4.78 is 0. The van der Waals surface area contributed by atoms with Crippen molar-refractivity contribution >= 4 is 17.4 Å². The first-order chi connectivity index (χ1) is 7.71. The number of carbonyl (C=O) groups is 1. The van der Waals surface area contributed by atoms with Crippen LogP contribution in [0.4, 0.5) is 11.5 Å². The van der Waals surface area contributed by atoms with Gasteiger partial charge in [-0.05, 0) is 13.0 Å². The van der Waals surface area contributed by atoms with Gasteiger partial charge < -0.3 is 5.32 Å². The van der Waals surface area contributed by atoms with Gasteiger partial charge in [-0.2, -0.15) is 0 Å². The van der Waals surface area contributed by atoms with Gasteiger partial charge in [0.2, 0.25) is 5.91 Å². The van der Waals surface area contributed by atoms with Crippen molar-refractivity contribution in [1.82, 2.24) is 4.98 Å². The zero-order valence-corrected chi connectivity index (χ0v) is 10.3. The summed E-state index contributed by atoms with van der Waals surface area (Å²) in [6, 6.07) is 1.49. The molecule has 0 aliphatic rings. The first kappa shape index (κ1) is 13.1. The number of carbonyl (C=O) groups excluding carboxylic acids is 1. The van der Waals surface area contributed by atoms with Crippen molar-refractivity contribution in [2.24, 2.45) is 5.41 Å². The maximum Gasteiger partial charge on any atom is 0.290 e. The van der Waals surface area contributed by atoms with Crippen LogP contribution in [0.3, 0.4) is 0 Å². The van der Waals surface area contributed by atoms with E-state index in [2.05, 4.69) is 10.3 Å². The van der Waals surface area contributed by atoms with E-state index in [4.69, 9.17) is 0 Å². The molecule has 0 aliphatic carbocycles. The number of nitrogens with zero attached hydrogens (tertiary/aromatic N) is 2. The molecule has 1 rings (SSSR count). The molecule has 6 nitrogen and oxygen atoms in total. The van der Waals surface area contributed by atoms with Gasteiger partial charge in [-0.25, -0.2) is 4.98 Å². The van der Waals surface area contributed by atoms with E-state index in [1.54, 1.807) is 27.7 Å². The van der Waals surface area contributed by atoms with E-state index in [1.165, 1.54) is 6.07 Å². The van der Waals surface area contributed by atoms with Crippen LogP contribution in [-0.4, -0.2) is 15.8 Å². The van der Waals surface area contributed by atoms with E-state index in [9.17, 15) is 14.9 Å². The number of pyridine rings is 1. The predicted octanol–water partition coefficient (Wildman–Crippen LogP) is 2.28. The van der Waals surface area contributed by atoms with Crippen molar-refractivity contribution in [1.29, 1.82) is 0 Å². The minimum absolute atomic E-state index is 0.0567. The Hall–Kier alpha value is -1.98. The van der Waals surface area contributed by atoms with Crippen LogP contribution in [0.2, 0.25) is 0 Å². The molecule has 0 saturated heterocycles. The molecule has 0 spiro atoms. The summed E-state index contributed by atoms with van der Waals surface area (Å²) in [5.41, 5.74) is -0.120. The van der Waals surface area contributed by atoms with Gasteiger partial charge in [-0.15, -0.1) is 0 Å². The fraction of sp³-hybridized carbons (Fsp3) is 0.455. The van der Waals surface area contributed by atoms with Gasteiger partial charge >= 0.3 is 0 Å². The molecule has 17 heavy (non-hydrogen) atoms. The molecule has 1 amide bonds. The van der Waals surface area contributed by atoms with Crippen LogP contribution in [0.1, 0.15) is 26.3 Å². The Labute approximate surface area is 99.2 Å². The summed E-state index contributed by atoms with van der Waals surface area (Å²) in [5.74, 6) is 0.145. The van der Waals surface area contributed by atoms with Crippen LogP contribution >= 0.6 is 0 Å². The first-order valence-corrected chi connectivity index (χ1v) is 5.14. The Morgan fingerprint density at radius 1 is 1.47 bits per heavy atom. The molecule has 1 N–H and O–H groups in total. The van der Waals surface area contributed by atoms with Gasteiger partial charge in [0.05, 0.1) is 4.92 Å². The lowest BCUT2D eigenvalue weighted by molar-refractivity contribution is -0.385. The summed E-state index contributed by atoms with van der Waals surface area (Å²) in [7, 11) is 0. The molecule has 1 aromatic heterocycles. The van der Waals surface area contributed by atoms with Gasteiger partial charge in [0.1, 0.15) is 12.0 Å². The van der Waals surface area contributed by atoms with Crippen LogP contribution in [0.25, 0.3) is 0 Å². The first-order valence-electron chi connectivity index (χ1n) is 5.14. The van der Waals surface area contributed by atoms with Crippen LogP contribution < -0.4 is 5.32 Å². The average molecular weight is 237 g/mol. The highest BCUT2D eigenvalue weighted by molar-refractivity contribution is 5.93. The highest BCUT2D eigenvalue weighted by Crippen LogP contribution is 2.21. The number of amides is 1. The predicted molar refractivity (Wildman–Crippen MR) is 63.7 cm³/mol. The van der Waals surface area contributed by atoms with Crippen molar-refractivity contribution in [3.05, 3.63) is 27.9 Å². The average Bonchev–Trinajstić information content (AvgIpc) is 2.15. The van der Waals surface area contributed by atoms with Gasteiger partial charge in [-0.1, -0.05) is 20.8 Å². The number of hydrogen-bond donors (Lipinski definition) is 1. The van der Waals surface area contributed by atoms with Crippen molar-refractivity contribution in [2.45, 2.75) is 27.7 Å². The number of nitrogens with one attached hydrogen (secondary N) is 1. The molecule has 6 heteroatoms. The Bertz CT molecular complexity index is 464. The third-order valence-corrected chi connectivity index (χ3v) is 2.20. The van der Waals surface area contributed by atoms with E-state index in [-0.39, 0.29) is 11.6 Å². The summed E-state index contributed by atoms with van der Waals surface area (Å²) in [6.07, 6.45) is 1.15. The lowest BCUT2D eigenvalue weighted by Gasteiger charge is -2.17. The second-order valence-corrected chi connectivity index (χ2v) is 4.82. The van der Waals surface area contributed by atoms with Crippen molar-refractivity contribution in [2.75, 3.05) is 5.32 Å². The summed E-state index contributed by atoms with van der Waals surface area (Å²) in [6.45, 7) is 6.94. The standard InChI is InChI=1S/C11H15N3O3/c1-7-5-9(12-6-8(7)14(16)17)13-10(15)11(2,3)4/h5-6H,1-4H3,(H,12,13,15). The molecular weight excluding hydrogens is 222 g/mol. The van der Waals surface area contributed by atoms with Crippen LogP contribution in [0.5, 0.6) is 0 Å². The minimum atomic E-state index is -0.530. The monoisotopic (exact) mass is 237 g/mol.